The number of nitrogens with zero attached hydrogens (tertiary/aromatic N) is 1. The van der Waals surface area contributed by atoms with Gasteiger partial charge in [-0.2, -0.15) is 0 Å². The number of piperidine rings is 1. The third kappa shape index (κ3) is 4.43. The van der Waals surface area contributed by atoms with Gasteiger partial charge in [0.1, 0.15) is 0 Å². The number of hydrogen-bond acceptors (Lipinski definition) is 4. The summed E-state index contributed by atoms with van der Waals surface area (Å²) in [5, 5.41) is 2.96. The zero-order valence-corrected chi connectivity index (χ0v) is 12.2. The highest BCUT2D eigenvalue weighted by atomic mass is 32.2. The molecule has 1 atom stereocenters. The molecule has 110 valence electrons. The largest absolute Gasteiger partial charge is 0.353 e. The van der Waals surface area contributed by atoms with E-state index in [0.29, 0.717) is 38.3 Å². The lowest BCUT2D eigenvalue weighted by atomic mass is 10.1. The van der Waals surface area contributed by atoms with Crippen molar-refractivity contribution < 1.29 is 13.2 Å². The van der Waals surface area contributed by atoms with Crippen molar-refractivity contribution in [2.75, 3.05) is 19.3 Å². The highest BCUT2D eigenvalue weighted by molar-refractivity contribution is 7.88. The van der Waals surface area contributed by atoms with Crippen LogP contribution in [0.3, 0.4) is 0 Å². The van der Waals surface area contributed by atoms with Crippen LogP contribution in [0.15, 0.2) is 0 Å². The summed E-state index contributed by atoms with van der Waals surface area (Å²) in [7, 11) is -3.10. The molecule has 2 rings (SSSR count). The van der Waals surface area contributed by atoms with E-state index in [1.807, 2.05) is 0 Å². The Morgan fingerprint density at radius 2 is 1.89 bits per heavy atom. The van der Waals surface area contributed by atoms with Crippen molar-refractivity contribution in [3.05, 3.63) is 0 Å². The lowest BCUT2D eigenvalue weighted by molar-refractivity contribution is -0.122. The lowest BCUT2D eigenvalue weighted by Crippen LogP contribution is -2.47. The Kier molecular flexibility index (Phi) is 4.47. The van der Waals surface area contributed by atoms with Gasteiger partial charge in [-0.1, -0.05) is 0 Å². The van der Waals surface area contributed by atoms with Gasteiger partial charge in [-0.3, -0.25) is 4.79 Å². The van der Waals surface area contributed by atoms with E-state index >= 15 is 0 Å². The number of rotatable bonds is 5. The Hall–Kier alpha value is -0.660. The van der Waals surface area contributed by atoms with Crippen LogP contribution in [0.1, 0.15) is 32.1 Å². The summed E-state index contributed by atoms with van der Waals surface area (Å²) in [5.74, 6) is 0.523. The molecule has 0 aromatic carbocycles. The molecule has 1 amide bonds. The molecule has 3 N–H and O–H groups in total. The maximum Gasteiger partial charge on any atom is 0.221 e. The number of sulfonamides is 1. The molecule has 1 unspecified atom stereocenters. The van der Waals surface area contributed by atoms with Crippen LogP contribution in [0.4, 0.5) is 0 Å². The third-order valence-electron chi connectivity index (χ3n) is 3.94. The van der Waals surface area contributed by atoms with Gasteiger partial charge >= 0.3 is 0 Å². The predicted octanol–water partition coefficient (Wildman–Crippen LogP) is -0.346. The maximum atomic E-state index is 11.8. The van der Waals surface area contributed by atoms with Gasteiger partial charge in [0.2, 0.25) is 15.9 Å². The first-order chi connectivity index (χ1) is 8.86. The molecule has 1 aliphatic heterocycles. The first-order valence-corrected chi connectivity index (χ1v) is 8.71. The molecule has 1 saturated heterocycles. The highest BCUT2D eigenvalue weighted by Crippen LogP contribution is 2.32. The minimum atomic E-state index is -3.10. The fourth-order valence-electron chi connectivity index (χ4n) is 2.52. The van der Waals surface area contributed by atoms with Gasteiger partial charge in [-0.05, 0) is 31.6 Å². The molecule has 0 aromatic rings. The molecular formula is C12H23N3O3S. The van der Waals surface area contributed by atoms with Crippen molar-refractivity contribution in [1.82, 2.24) is 9.62 Å². The average Bonchev–Trinajstić information content (AvgIpc) is 3.11. The van der Waals surface area contributed by atoms with Crippen molar-refractivity contribution in [2.24, 2.45) is 11.7 Å². The summed E-state index contributed by atoms with van der Waals surface area (Å²) < 4.78 is 24.2. The second-order valence-electron chi connectivity index (χ2n) is 5.71. The van der Waals surface area contributed by atoms with Gasteiger partial charge in [-0.25, -0.2) is 12.7 Å². The van der Waals surface area contributed by atoms with Gasteiger partial charge in [0.15, 0.2) is 0 Å². The van der Waals surface area contributed by atoms with E-state index in [0.717, 1.165) is 12.8 Å². The number of nitrogens with two attached hydrogens (primary N) is 1. The smallest absolute Gasteiger partial charge is 0.221 e. The quantitative estimate of drug-likeness (QED) is 0.724. The van der Waals surface area contributed by atoms with Crippen molar-refractivity contribution in [1.29, 1.82) is 0 Å². The van der Waals surface area contributed by atoms with E-state index < -0.39 is 10.0 Å². The van der Waals surface area contributed by atoms with Gasteiger partial charge < -0.3 is 11.1 Å². The molecular weight excluding hydrogens is 266 g/mol. The molecule has 1 heterocycles. The number of nitrogens with one attached hydrogen (secondary N) is 1. The van der Waals surface area contributed by atoms with Crippen LogP contribution in [0.5, 0.6) is 0 Å². The molecule has 7 heteroatoms. The third-order valence-corrected chi connectivity index (χ3v) is 5.24. The Bertz CT molecular complexity index is 426. The Morgan fingerprint density at radius 1 is 1.32 bits per heavy atom. The normalized spacial score (nSPS) is 24.1. The molecule has 0 bridgehead atoms. The molecule has 1 saturated carbocycles. The topological polar surface area (TPSA) is 92.5 Å². The summed E-state index contributed by atoms with van der Waals surface area (Å²) in [6.07, 6.45) is 5.24. The second-order valence-corrected chi connectivity index (χ2v) is 7.69. The zero-order chi connectivity index (χ0) is 14.0. The summed E-state index contributed by atoms with van der Waals surface area (Å²) in [4.78, 5) is 11.8. The van der Waals surface area contributed by atoms with Crippen LogP contribution in [0.25, 0.3) is 0 Å². The number of amides is 1. The van der Waals surface area contributed by atoms with Gasteiger partial charge in [0, 0.05) is 31.6 Å². The second kappa shape index (κ2) is 5.76. The van der Waals surface area contributed by atoms with Gasteiger partial charge in [0.25, 0.3) is 0 Å². The number of carbonyl (C=O) groups excluding carboxylic acids is 1. The lowest BCUT2D eigenvalue weighted by Gasteiger charge is -2.30. The molecule has 6 nitrogen and oxygen atoms in total. The first kappa shape index (κ1) is 14.7. The monoisotopic (exact) mass is 289 g/mol. The van der Waals surface area contributed by atoms with Crippen LogP contribution in [0.2, 0.25) is 0 Å². The summed E-state index contributed by atoms with van der Waals surface area (Å²) in [6, 6.07) is 0.0630. The van der Waals surface area contributed by atoms with Gasteiger partial charge in [0.05, 0.1) is 6.26 Å². The maximum absolute atomic E-state index is 11.8. The number of carbonyl (C=O) groups is 1. The fraction of sp³-hybridized carbons (Fsp3) is 0.917. The molecule has 1 aliphatic carbocycles. The molecule has 0 radical (unpaired) electrons. The SMILES string of the molecule is CS(=O)(=O)N1CCC(NC(=O)CC(N)C2CC2)CC1. The van der Waals surface area contributed by atoms with E-state index in [4.69, 9.17) is 5.73 Å². The van der Waals surface area contributed by atoms with Crippen LogP contribution < -0.4 is 11.1 Å². The number of hydrogen-bond donors (Lipinski definition) is 2. The molecule has 2 aliphatic rings. The van der Waals surface area contributed by atoms with Crippen molar-refractivity contribution in [2.45, 2.75) is 44.2 Å². The fourth-order valence-corrected chi connectivity index (χ4v) is 3.40. The van der Waals surface area contributed by atoms with E-state index in [9.17, 15) is 13.2 Å². The minimum Gasteiger partial charge on any atom is -0.353 e. The predicted molar refractivity (Wildman–Crippen MR) is 72.9 cm³/mol. The van der Waals surface area contributed by atoms with Crippen molar-refractivity contribution >= 4 is 15.9 Å². The zero-order valence-electron chi connectivity index (χ0n) is 11.3. The summed E-state index contributed by atoms with van der Waals surface area (Å²) in [5.41, 5.74) is 5.92. The minimum absolute atomic E-state index is 0.00259. The average molecular weight is 289 g/mol. The summed E-state index contributed by atoms with van der Waals surface area (Å²) in [6.45, 7) is 0.969. The standard InChI is InChI=1S/C12H23N3O3S/c1-19(17,18)15-6-4-10(5-7-15)14-12(16)8-11(13)9-2-3-9/h9-11H,2-8,13H2,1H3,(H,14,16). The molecule has 19 heavy (non-hydrogen) atoms. The van der Waals surface area contributed by atoms with E-state index in [-0.39, 0.29) is 18.0 Å². The van der Waals surface area contributed by atoms with E-state index in [1.54, 1.807) is 0 Å². The van der Waals surface area contributed by atoms with Crippen LogP contribution in [-0.2, 0) is 14.8 Å². The van der Waals surface area contributed by atoms with Crippen molar-refractivity contribution in [3.63, 3.8) is 0 Å². The molecule has 2 fully saturated rings. The van der Waals surface area contributed by atoms with E-state index in [1.165, 1.54) is 10.6 Å². The van der Waals surface area contributed by atoms with Crippen molar-refractivity contribution in [3.8, 4) is 0 Å². The Labute approximate surface area is 114 Å². The summed E-state index contributed by atoms with van der Waals surface area (Å²) >= 11 is 0. The van der Waals surface area contributed by atoms with E-state index in [2.05, 4.69) is 5.32 Å². The molecule has 0 spiro atoms. The van der Waals surface area contributed by atoms with Crippen LogP contribution in [-0.4, -0.2) is 50.1 Å². The highest BCUT2D eigenvalue weighted by Gasteiger charge is 2.31. The Morgan fingerprint density at radius 3 is 2.37 bits per heavy atom. The Balaban J connectivity index is 1.71. The van der Waals surface area contributed by atoms with Crippen LogP contribution in [0, 0.1) is 5.92 Å². The van der Waals surface area contributed by atoms with Crippen LogP contribution >= 0.6 is 0 Å². The van der Waals surface area contributed by atoms with Gasteiger partial charge in [-0.15, -0.1) is 0 Å². The molecule has 0 aromatic heterocycles. The first-order valence-electron chi connectivity index (χ1n) is 6.86.